The number of aromatic hydroxyl groups is 1. The van der Waals surface area contributed by atoms with E-state index >= 15 is 0 Å². The number of aromatic nitrogens is 3. The van der Waals surface area contributed by atoms with E-state index in [0.717, 1.165) is 25.0 Å². The zero-order valence-electron chi connectivity index (χ0n) is 15.4. The van der Waals surface area contributed by atoms with Gasteiger partial charge in [-0.05, 0) is 30.4 Å². The SMILES string of the molecule is CC(=O)OCNC(=O)c1c(O)cc(C2CCc3ccccc3C2)n2ncnc12. The van der Waals surface area contributed by atoms with Gasteiger partial charge in [0.1, 0.15) is 17.6 Å². The molecule has 144 valence electrons. The van der Waals surface area contributed by atoms with Crippen molar-refractivity contribution in [3.63, 3.8) is 0 Å². The van der Waals surface area contributed by atoms with E-state index in [4.69, 9.17) is 4.74 Å². The van der Waals surface area contributed by atoms with Gasteiger partial charge in [-0.1, -0.05) is 24.3 Å². The maximum atomic E-state index is 12.5. The molecular formula is C20H20N4O4. The Labute approximate surface area is 161 Å². The number of nitrogens with zero attached hydrogens (tertiary/aromatic N) is 3. The van der Waals surface area contributed by atoms with Gasteiger partial charge in [0.2, 0.25) is 0 Å². The van der Waals surface area contributed by atoms with Crippen LogP contribution in [0.25, 0.3) is 5.65 Å². The van der Waals surface area contributed by atoms with Crippen molar-refractivity contribution >= 4 is 17.5 Å². The monoisotopic (exact) mass is 380 g/mol. The van der Waals surface area contributed by atoms with Crippen molar-refractivity contribution in [2.75, 3.05) is 6.73 Å². The number of pyridine rings is 1. The number of aryl methyl sites for hydroxylation is 1. The molecule has 1 unspecified atom stereocenters. The topological polar surface area (TPSA) is 106 Å². The minimum atomic E-state index is -0.586. The van der Waals surface area contributed by atoms with Crippen LogP contribution in [0.5, 0.6) is 5.75 Å². The van der Waals surface area contributed by atoms with Crippen molar-refractivity contribution in [3.05, 3.63) is 59.0 Å². The summed E-state index contributed by atoms with van der Waals surface area (Å²) >= 11 is 0. The molecule has 2 aromatic heterocycles. The molecule has 1 atom stereocenters. The van der Waals surface area contributed by atoms with Gasteiger partial charge >= 0.3 is 5.97 Å². The molecule has 0 saturated carbocycles. The molecule has 28 heavy (non-hydrogen) atoms. The van der Waals surface area contributed by atoms with Crippen molar-refractivity contribution in [2.24, 2.45) is 0 Å². The zero-order valence-corrected chi connectivity index (χ0v) is 15.4. The van der Waals surface area contributed by atoms with E-state index in [0.29, 0.717) is 0 Å². The Morgan fingerprint density at radius 2 is 2.11 bits per heavy atom. The number of benzene rings is 1. The van der Waals surface area contributed by atoms with Crippen LogP contribution in [0.1, 0.15) is 46.4 Å². The molecule has 8 heteroatoms. The van der Waals surface area contributed by atoms with Crippen LogP contribution in [0.4, 0.5) is 0 Å². The highest BCUT2D eigenvalue weighted by molar-refractivity contribution is 6.02. The van der Waals surface area contributed by atoms with Crippen LogP contribution in [-0.2, 0) is 22.4 Å². The molecule has 1 aromatic carbocycles. The van der Waals surface area contributed by atoms with Gasteiger partial charge in [0.05, 0.1) is 5.69 Å². The predicted octanol–water partition coefficient (Wildman–Crippen LogP) is 1.96. The zero-order chi connectivity index (χ0) is 19.7. The van der Waals surface area contributed by atoms with Crippen LogP contribution < -0.4 is 5.32 Å². The van der Waals surface area contributed by atoms with E-state index in [9.17, 15) is 14.7 Å². The maximum absolute atomic E-state index is 12.5. The molecule has 0 fully saturated rings. The molecule has 4 rings (SSSR count). The van der Waals surface area contributed by atoms with Crippen molar-refractivity contribution in [2.45, 2.75) is 32.1 Å². The summed E-state index contributed by atoms with van der Waals surface area (Å²) < 4.78 is 6.33. The number of ether oxygens (including phenoxy) is 1. The van der Waals surface area contributed by atoms with E-state index < -0.39 is 11.9 Å². The summed E-state index contributed by atoms with van der Waals surface area (Å²) in [6, 6.07) is 9.92. The molecule has 0 bridgehead atoms. The second kappa shape index (κ2) is 7.30. The Kier molecular flexibility index (Phi) is 4.68. The largest absolute Gasteiger partial charge is 0.507 e. The summed E-state index contributed by atoms with van der Waals surface area (Å²) in [5, 5.41) is 17.3. The Balaban J connectivity index is 1.66. The highest BCUT2D eigenvalue weighted by atomic mass is 16.5. The second-order valence-corrected chi connectivity index (χ2v) is 6.82. The smallest absolute Gasteiger partial charge is 0.304 e. The number of rotatable bonds is 4. The van der Waals surface area contributed by atoms with Gasteiger partial charge in [-0.25, -0.2) is 9.50 Å². The molecule has 1 aliphatic carbocycles. The molecule has 3 aromatic rings. The summed E-state index contributed by atoms with van der Waals surface area (Å²) in [6.07, 6.45) is 4.06. The van der Waals surface area contributed by atoms with E-state index in [1.165, 1.54) is 24.4 Å². The van der Waals surface area contributed by atoms with Crippen LogP contribution in [0.2, 0.25) is 0 Å². The van der Waals surface area contributed by atoms with Crippen molar-refractivity contribution in [1.29, 1.82) is 0 Å². The summed E-state index contributed by atoms with van der Waals surface area (Å²) in [7, 11) is 0. The van der Waals surface area contributed by atoms with Crippen LogP contribution in [0.15, 0.2) is 36.7 Å². The minimum Gasteiger partial charge on any atom is -0.507 e. The summed E-state index contributed by atoms with van der Waals surface area (Å²) in [5.41, 5.74) is 3.73. The minimum absolute atomic E-state index is 0.00427. The average molecular weight is 380 g/mol. The third-order valence-corrected chi connectivity index (χ3v) is 5.06. The van der Waals surface area contributed by atoms with Crippen molar-refractivity contribution in [3.8, 4) is 5.75 Å². The van der Waals surface area contributed by atoms with Crippen molar-refractivity contribution < 1.29 is 19.4 Å². The van der Waals surface area contributed by atoms with Crippen LogP contribution >= 0.6 is 0 Å². The fourth-order valence-electron chi connectivity index (χ4n) is 3.74. The fraction of sp³-hybridized carbons (Fsp3) is 0.300. The number of amides is 1. The fourth-order valence-corrected chi connectivity index (χ4v) is 3.74. The number of carbonyl (C=O) groups excluding carboxylic acids is 2. The first-order chi connectivity index (χ1) is 13.5. The normalized spacial score (nSPS) is 15.8. The van der Waals surface area contributed by atoms with Gasteiger partial charge in [-0.15, -0.1) is 0 Å². The summed E-state index contributed by atoms with van der Waals surface area (Å²) in [6.45, 7) is 0.965. The quantitative estimate of drug-likeness (QED) is 0.529. The number of fused-ring (bicyclic) bond motifs is 2. The third kappa shape index (κ3) is 3.28. The highest BCUT2D eigenvalue weighted by Gasteiger charge is 2.26. The van der Waals surface area contributed by atoms with Crippen molar-refractivity contribution in [1.82, 2.24) is 19.9 Å². The summed E-state index contributed by atoms with van der Waals surface area (Å²) in [5.74, 6) is -1.11. The summed E-state index contributed by atoms with van der Waals surface area (Å²) in [4.78, 5) is 27.5. The lowest BCUT2D eigenvalue weighted by Crippen LogP contribution is -2.28. The van der Waals surface area contributed by atoms with Gasteiger partial charge in [-0.3, -0.25) is 9.59 Å². The first-order valence-corrected chi connectivity index (χ1v) is 9.08. The molecule has 1 amide bonds. The Bertz CT molecular complexity index is 1060. The molecule has 0 saturated heterocycles. The lowest BCUT2D eigenvalue weighted by molar-refractivity contribution is -0.141. The first kappa shape index (κ1) is 18.0. The number of hydrogen-bond donors (Lipinski definition) is 2. The number of hydrogen-bond acceptors (Lipinski definition) is 6. The van der Waals surface area contributed by atoms with E-state index in [1.54, 1.807) is 10.6 Å². The van der Waals surface area contributed by atoms with Gasteiger partial charge in [-0.2, -0.15) is 5.10 Å². The van der Waals surface area contributed by atoms with Gasteiger partial charge in [0.25, 0.3) is 5.91 Å². The van der Waals surface area contributed by atoms with Crippen LogP contribution in [0, 0.1) is 0 Å². The average Bonchev–Trinajstić information content (AvgIpc) is 3.15. The molecule has 2 N–H and O–H groups in total. The molecule has 0 aliphatic heterocycles. The standard InChI is InChI=1S/C20H20N4O4/c1-12(25)28-11-22-20(27)18-17(26)9-16(24-19(18)21-10-23-24)15-7-6-13-4-2-3-5-14(13)8-15/h2-5,9-10,15,26H,6-8,11H2,1H3,(H,22,27). The maximum Gasteiger partial charge on any atom is 0.304 e. The molecule has 2 heterocycles. The molecule has 1 aliphatic rings. The third-order valence-electron chi connectivity index (χ3n) is 5.06. The number of nitrogens with one attached hydrogen (secondary N) is 1. The van der Waals surface area contributed by atoms with Crippen LogP contribution in [-0.4, -0.2) is 38.3 Å². The van der Waals surface area contributed by atoms with Crippen LogP contribution in [0.3, 0.4) is 0 Å². The number of esters is 1. The lowest BCUT2D eigenvalue weighted by Gasteiger charge is -2.25. The Hall–Kier alpha value is -3.42. The Morgan fingerprint density at radius 1 is 1.32 bits per heavy atom. The van der Waals surface area contributed by atoms with E-state index in [1.807, 2.05) is 12.1 Å². The van der Waals surface area contributed by atoms with Gasteiger partial charge < -0.3 is 15.2 Å². The molecule has 8 nitrogen and oxygen atoms in total. The van der Waals surface area contributed by atoms with Gasteiger partial charge in [0.15, 0.2) is 12.4 Å². The lowest BCUT2D eigenvalue weighted by atomic mass is 9.82. The van der Waals surface area contributed by atoms with E-state index in [2.05, 4.69) is 27.5 Å². The molecular weight excluding hydrogens is 360 g/mol. The first-order valence-electron chi connectivity index (χ1n) is 9.08. The second-order valence-electron chi connectivity index (χ2n) is 6.82. The molecule has 0 radical (unpaired) electrons. The number of carbonyl (C=O) groups is 2. The predicted molar refractivity (Wildman–Crippen MR) is 100.0 cm³/mol. The van der Waals surface area contributed by atoms with Gasteiger partial charge in [0, 0.05) is 18.9 Å². The Morgan fingerprint density at radius 3 is 2.89 bits per heavy atom. The molecule has 0 spiro atoms. The highest BCUT2D eigenvalue weighted by Crippen LogP contribution is 2.35. The van der Waals surface area contributed by atoms with E-state index in [-0.39, 0.29) is 29.6 Å².